The maximum atomic E-state index is 12.8. The lowest BCUT2D eigenvalue weighted by molar-refractivity contribution is -0.303. The molecule has 0 saturated carbocycles. The van der Waals surface area contributed by atoms with Gasteiger partial charge < -0.3 is 23.8 Å². The molecule has 1 amide bonds. The van der Waals surface area contributed by atoms with Crippen molar-refractivity contribution in [2.24, 2.45) is 5.41 Å². The number of likely N-dealkylation sites (tertiary alicyclic amines) is 1. The van der Waals surface area contributed by atoms with Crippen molar-refractivity contribution in [3.63, 3.8) is 0 Å². The van der Waals surface area contributed by atoms with E-state index in [0.29, 0.717) is 37.8 Å². The molecule has 3 aliphatic rings. The predicted octanol–water partition coefficient (Wildman–Crippen LogP) is 1.83. The minimum absolute atomic E-state index is 0.0348. The first-order valence-electron chi connectivity index (χ1n) is 8.37. The molecule has 3 aliphatic heterocycles. The Balaban J connectivity index is 1.40. The Labute approximate surface area is 141 Å². The number of amides is 1. The van der Waals surface area contributed by atoms with E-state index < -0.39 is 11.9 Å². The van der Waals surface area contributed by atoms with Gasteiger partial charge in [0.1, 0.15) is 6.10 Å². The van der Waals surface area contributed by atoms with E-state index in [0.717, 1.165) is 0 Å². The minimum atomic E-state index is -0.612. The van der Waals surface area contributed by atoms with Crippen LogP contribution in [0.5, 0.6) is 11.5 Å². The number of carbonyl (C=O) groups is 1. The Hall–Kier alpha value is -1.79. The number of rotatable bonds is 1. The molecule has 2 saturated heterocycles. The van der Waals surface area contributed by atoms with Gasteiger partial charge in [-0.2, -0.15) is 0 Å². The van der Waals surface area contributed by atoms with E-state index >= 15 is 0 Å². The van der Waals surface area contributed by atoms with Crippen LogP contribution in [-0.2, 0) is 14.3 Å². The van der Waals surface area contributed by atoms with Gasteiger partial charge in [-0.05, 0) is 32.9 Å². The lowest BCUT2D eigenvalue weighted by Crippen LogP contribution is -2.68. The molecule has 2 fully saturated rings. The second-order valence-corrected chi connectivity index (χ2v) is 7.48. The van der Waals surface area contributed by atoms with Crippen molar-refractivity contribution < 1.29 is 23.7 Å². The van der Waals surface area contributed by atoms with Crippen LogP contribution in [0.25, 0.3) is 0 Å². The smallest absolute Gasteiger partial charge is 0.267 e. The zero-order chi connectivity index (χ0) is 16.9. The first kappa shape index (κ1) is 15.7. The zero-order valence-corrected chi connectivity index (χ0v) is 14.3. The number of fused-ring (bicyclic) bond motifs is 1. The normalized spacial score (nSPS) is 29.9. The first-order valence-corrected chi connectivity index (χ1v) is 8.37. The number of nitrogens with zero attached hydrogens (tertiary/aromatic N) is 1. The van der Waals surface area contributed by atoms with Gasteiger partial charge in [0.2, 0.25) is 6.10 Å². The van der Waals surface area contributed by atoms with E-state index in [1.54, 1.807) is 0 Å². The molecule has 24 heavy (non-hydrogen) atoms. The minimum Gasteiger partial charge on any atom is -0.482 e. The van der Waals surface area contributed by atoms with Crippen LogP contribution in [0.3, 0.4) is 0 Å². The molecule has 1 spiro atoms. The SMILES string of the molecule is C[C@H]1Oc2ccccc2O[C@H]1C(=O)N1CC2(COC(C)(C)OC2)C1. The summed E-state index contributed by atoms with van der Waals surface area (Å²) in [7, 11) is 0. The molecule has 4 rings (SSSR count). The highest BCUT2D eigenvalue weighted by Gasteiger charge is 2.52. The maximum absolute atomic E-state index is 12.8. The molecule has 0 radical (unpaired) electrons. The summed E-state index contributed by atoms with van der Waals surface area (Å²) in [5, 5.41) is 0. The van der Waals surface area contributed by atoms with Crippen molar-refractivity contribution in [1.29, 1.82) is 0 Å². The number of para-hydroxylation sites is 2. The number of ether oxygens (including phenoxy) is 4. The summed E-state index contributed by atoms with van der Waals surface area (Å²) >= 11 is 0. The molecule has 0 aliphatic carbocycles. The van der Waals surface area contributed by atoms with Gasteiger partial charge in [0.25, 0.3) is 5.91 Å². The predicted molar refractivity (Wildman–Crippen MR) is 85.9 cm³/mol. The van der Waals surface area contributed by atoms with E-state index in [4.69, 9.17) is 18.9 Å². The number of hydrogen-bond acceptors (Lipinski definition) is 5. The molecule has 0 bridgehead atoms. The fraction of sp³-hybridized carbons (Fsp3) is 0.611. The van der Waals surface area contributed by atoms with Crippen LogP contribution in [0, 0.1) is 5.41 Å². The zero-order valence-electron chi connectivity index (χ0n) is 14.3. The standard InChI is InChI=1S/C18H23NO5/c1-12-15(24-14-7-5-4-6-13(14)23-12)16(20)19-8-18(9-19)10-21-17(2,3)22-11-18/h4-7,12,15H,8-11H2,1-3H3/t12-,15-/m1/s1. The van der Waals surface area contributed by atoms with Gasteiger partial charge in [0.15, 0.2) is 17.3 Å². The second kappa shape index (κ2) is 5.36. The fourth-order valence-corrected chi connectivity index (χ4v) is 3.41. The highest BCUT2D eigenvalue weighted by molar-refractivity contribution is 5.83. The number of hydrogen-bond donors (Lipinski definition) is 0. The summed E-state index contributed by atoms with van der Waals surface area (Å²) in [6.07, 6.45) is -0.930. The Morgan fingerprint density at radius 1 is 1.08 bits per heavy atom. The quantitative estimate of drug-likeness (QED) is 0.785. The summed E-state index contributed by atoms with van der Waals surface area (Å²) in [6.45, 7) is 8.19. The summed E-state index contributed by atoms with van der Waals surface area (Å²) < 4.78 is 23.2. The summed E-state index contributed by atoms with van der Waals surface area (Å²) in [5.74, 6) is 0.738. The van der Waals surface area contributed by atoms with Crippen molar-refractivity contribution in [3.8, 4) is 11.5 Å². The largest absolute Gasteiger partial charge is 0.482 e. The highest BCUT2D eigenvalue weighted by atomic mass is 16.7. The van der Waals surface area contributed by atoms with Crippen molar-refractivity contribution in [2.45, 2.75) is 38.8 Å². The van der Waals surface area contributed by atoms with Crippen molar-refractivity contribution in [2.75, 3.05) is 26.3 Å². The molecule has 1 aromatic carbocycles. The average Bonchev–Trinajstić information content (AvgIpc) is 2.52. The van der Waals surface area contributed by atoms with Crippen molar-refractivity contribution in [3.05, 3.63) is 24.3 Å². The molecule has 6 heteroatoms. The summed E-state index contributed by atoms with van der Waals surface area (Å²) in [4.78, 5) is 14.6. The molecule has 0 unspecified atom stereocenters. The first-order chi connectivity index (χ1) is 11.4. The van der Waals surface area contributed by atoms with Crippen LogP contribution in [-0.4, -0.2) is 55.1 Å². The van der Waals surface area contributed by atoms with Crippen LogP contribution in [0.2, 0.25) is 0 Å². The van der Waals surface area contributed by atoms with E-state index in [1.807, 2.05) is 49.9 Å². The van der Waals surface area contributed by atoms with Gasteiger partial charge in [0.05, 0.1) is 18.6 Å². The summed E-state index contributed by atoms with van der Waals surface area (Å²) in [5.41, 5.74) is -0.0815. The molecule has 2 atom stereocenters. The lowest BCUT2D eigenvalue weighted by Gasteiger charge is -2.54. The van der Waals surface area contributed by atoms with Gasteiger partial charge in [-0.1, -0.05) is 12.1 Å². The molecule has 0 aromatic heterocycles. The molecule has 0 N–H and O–H groups in total. The van der Waals surface area contributed by atoms with Crippen LogP contribution >= 0.6 is 0 Å². The molecule has 1 aromatic rings. The Morgan fingerprint density at radius 3 is 2.29 bits per heavy atom. The second-order valence-electron chi connectivity index (χ2n) is 7.48. The van der Waals surface area contributed by atoms with E-state index in [2.05, 4.69) is 0 Å². The van der Waals surface area contributed by atoms with Crippen LogP contribution in [0.1, 0.15) is 20.8 Å². The molecule has 130 valence electrons. The molecular weight excluding hydrogens is 310 g/mol. The van der Waals surface area contributed by atoms with Crippen LogP contribution in [0.15, 0.2) is 24.3 Å². The fourth-order valence-electron chi connectivity index (χ4n) is 3.41. The van der Waals surface area contributed by atoms with Crippen molar-refractivity contribution >= 4 is 5.91 Å². The van der Waals surface area contributed by atoms with Gasteiger partial charge in [-0.25, -0.2) is 0 Å². The Kier molecular flexibility index (Phi) is 3.51. The third-order valence-corrected chi connectivity index (χ3v) is 4.90. The average molecular weight is 333 g/mol. The third kappa shape index (κ3) is 2.63. The van der Waals surface area contributed by atoms with Crippen LogP contribution in [0.4, 0.5) is 0 Å². The van der Waals surface area contributed by atoms with E-state index in [1.165, 1.54) is 0 Å². The highest BCUT2D eigenvalue weighted by Crippen LogP contribution is 2.39. The molecular formula is C18H23NO5. The van der Waals surface area contributed by atoms with Gasteiger partial charge in [-0.15, -0.1) is 0 Å². The van der Waals surface area contributed by atoms with Gasteiger partial charge in [-0.3, -0.25) is 4.79 Å². The Bertz CT molecular complexity index is 641. The maximum Gasteiger partial charge on any atom is 0.267 e. The molecule has 6 nitrogen and oxygen atoms in total. The summed E-state index contributed by atoms with van der Waals surface area (Å²) in [6, 6.07) is 7.44. The van der Waals surface area contributed by atoms with Crippen molar-refractivity contribution in [1.82, 2.24) is 4.90 Å². The topological polar surface area (TPSA) is 57.2 Å². The number of carbonyl (C=O) groups excluding carboxylic acids is 1. The molecule has 3 heterocycles. The van der Waals surface area contributed by atoms with Gasteiger partial charge in [0, 0.05) is 13.1 Å². The third-order valence-electron chi connectivity index (χ3n) is 4.90. The van der Waals surface area contributed by atoms with Crippen LogP contribution < -0.4 is 9.47 Å². The van der Waals surface area contributed by atoms with E-state index in [9.17, 15) is 4.79 Å². The van der Waals surface area contributed by atoms with E-state index in [-0.39, 0.29) is 17.4 Å². The Morgan fingerprint density at radius 2 is 1.67 bits per heavy atom. The van der Waals surface area contributed by atoms with Gasteiger partial charge >= 0.3 is 0 Å². The lowest BCUT2D eigenvalue weighted by atomic mass is 9.80. The monoisotopic (exact) mass is 333 g/mol. The number of benzene rings is 1.